The lowest BCUT2D eigenvalue weighted by Crippen LogP contribution is -1.96. The molecule has 0 bridgehead atoms. The van der Waals surface area contributed by atoms with Crippen molar-refractivity contribution in [1.82, 2.24) is 14.1 Å². The lowest BCUT2D eigenvalue weighted by Gasteiger charge is -2.11. The van der Waals surface area contributed by atoms with Gasteiger partial charge in [-0.15, -0.1) is 0 Å². The molecule has 3 aromatic heterocycles. The number of pyridine rings is 1. The topological polar surface area (TPSA) is 22.8 Å². The SMILES string of the molecule is c1ccc(-n2c3cc4c5ccccc5n(-c5cccc6ccncc56)c4cc3c3c4ccccc4ccc32)cc1. The van der Waals surface area contributed by atoms with E-state index in [2.05, 4.69) is 142 Å². The summed E-state index contributed by atoms with van der Waals surface area (Å²) in [6.07, 6.45) is 3.85. The Hall–Kier alpha value is -5.41. The molecular formula is C37H23N3. The molecule has 0 aliphatic rings. The molecule has 0 fully saturated rings. The molecule has 0 atom stereocenters. The van der Waals surface area contributed by atoms with Crippen molar-refractivity contribution in [1.29, 1.82) is 0 Å². The molecule has 9 rings (SSSR count). The molecule has 9 aromatic rings. The van der Waals surface area contributed by atoms with Crippen molar-refractivity contribution >= 4 is 65.2 Å². The fourth-order valence-electron chi connectivity index (χ4n) is 6.66. The maximum absolute atomic E-state index is 4.49. The standard InChI is InChI=1S/C37H23N3/c1-2-11-26(12-3-1)39-34-18-17-24-9-4-5-13-27(24)37(34)30-22-35-29(21-36(30)39)28-14-6-7-15-32(28)40(35)33-16-8-10-25-19-20-38-23-31(25)33/h1-23H. The lowest BCUT2D eigenvalue weighted by molar-refractivity contribution is 1.18. The number of benzene rings is 6. The van der Waals surface area contributed by atoms with E-state index in [1.807, 2.05) is 12.4 Å². The third kappa shape index (κ3) is 2.86. The normalized spacial score (nSPS) is 12.0. The largest absolute Gasteiger partial charge is 0.309 e. The van der Waals surface area contributed by atoms with Crippen molar-refractivity contribution in [2.45, 2.75) is 0 Å². The van der Waals surface area contributed by atoms with Crippen LogP contribution in [0.25, 0.3) is 76.5 Å². The average Bonchev–Trinajstić information content (AvgIpc) is 3.52. The Labute approximate surface area is 230 Å². The molecule has 0 aliphatic heterocycles. The Bertz CT molecular complexity index is 2420. The zero-order valence-corrected chi connectivity index (χ0v) is 21.6. The van der Waals surface area contributed by atoms with Gasteiger partial charge in [0.05, 0.1) is 27.8 Å². The van der Waals surface area contributed by atoms with Gasteiger partial charge in [0, 0.05) is 45.0 Å². The number of hydrogen-bond acceptors (Lipinski definition) is 1. The van der Waals surface area contributed by atoms with Crippen LogP contribution >= 0.6 is 0 Å². The first kappa shape index (κ1) is 21.5. The first-order valence-electron chi connectivity index (χ1n) is 13.6. The van der Waals surface area contributed by atoms with Crippen molar-refractivity contribution < 1.29 is 0 Å². The molecule has 0 saturated carbocycles. The second-order valence-electron chi connectivity index (χ2n) is 10.5. The maximum atomic E-state index is 4.49. The van der Waals surface area contributed by atoms with E-state index in [0.717, 1.165) is 11.1 Å². The number of nitrogens with zero attached hydrogens (tertiary/aromatic N) is 3. The van der Waals surface area contributed by atoms with E-state index in [4.69, 9.17) is 0 Å². The van der Waals surface area contributed by atoms with Crippen LogP contribution in [0.4, 0.5) is 0 Å². The molecule has 0 N–H and O–H groups in total. The molecule has 6 aromatic carbocycles. The fraction of sp³-hybridized carbons (Fsp3) is 0. The molecule has 0 radical (unpaired) electrons. The second-order valence-corrected chi connectivity index (χ2v) is 10.5. The van der Waals surface area contributed by atoms with E-state index in [9.17, 15) is 0 Å². The van der Waals surface area contributed by atoms with E-state index in [1.54, 1.807) is 0 Å². The van der Waals surface area contributed by atoms with E-state index in [-0.39, 0.29) is 0 Å². The fourth-order valence-corrected chi connectivity index (χ4v) is 6.66. The number of rotatable bonds is 2. The lowest BCUT2D eigenvalue weighted by atomic mass is 10.0. The van der Waals surface area contributed by atoms with Crippen LogP contribution in [0.5, 0.6) is 0 Å². The van der Waals surface area contributed by atoms with Crippen LogP contribution < -0.4 is 0 Å². The minimum absolute atomic E-state index is 1.14. The van der Waals surface area contributed by atoms with E-state index in [0.29, 0.717) is 0 Å². The Balaban J connectivity index is 1.53. The predicted octanol–water partition coefficient (Wildman–Crippen LogP) is 9.58. The minimum atomic E-state index is 1.14. The van der Waals surface area contributed by atoms with Gasteiger partial charge in [0.15, 0.2) is 0 Å². The van der Waals surface area contributed by atoms with Crippen LogP contribution in [0.1, 0.15) is 0 Å². The van der Waals surface area contributed by atoms with Gasteiger partial charge in [-0.05, 0) is 64.7 Å². The monoisotopic (exact) mass is 509 g/mol. The molecule has 0 spiro atoms. The van der Waals surface area contributed by atoms with Gasteiger partial charge in [0.1, 0.15) is 0 Å². The van der Waals surface area contributed by atoms with Crippen molar-refractivity contribution in [3.8, 4) is 11.4 Å². The van der Waals surface area contributed by atoms with Gasteiger partial charge in [-0.25, -0.2) is 0 Å². The molecule has 3 nitrogen and oxygen atoms in total. The highest BCUT2D eigenvalue weighted by Gasteiger charge is 2.20. The van der Waals surface area contributed by atoms with Crippen LogP contribution in [-0.2, 0) is 0 Å². The first-order chi connectivity index (χ1) is 19.9. The van der Waals surface area contributed by atoms with Gasteiger partial charge in [-0.3, -0.25) is 4.98 Å². The molecule has 0 saturated heterocycles. The van der Waals surface area contributed by atoms with Crippen molar-refractivity contribution in [3.05, 3.63) is 140 Å². The van der Waals surface area contributed by atoms with E-state index in [1.165, 1.54) is 65.5 Å². The summed E-state index contributed by atoms with van der Waals surface area (Å²) < 4.78 is 4.84. The van der Waals surface area contributed by atoms with Gasteiger partial charge in [0.2, 0.25) is 0 Å². The second kappa shape index (κ2) is 8.05. The van der Waals surface area contributed by atoms with Gasteiger partial charge >= 0.3 is 0 Å². The molecule has 0 aliphatic carbocycles. The summed E-state index contributed by atoms with van der Waals surface area (Å²) in [5.74, 6) is 0. The van der Waals surface area contributed by atoms with Crippen LogP contribution in [0, 0.1) is 0 Å². The third-order valence-corrected chi connectivity index (χ3v) is 8.36. The van der Waals surface area contributed by atoms with Gasteiger partial charge in [0.25, 0.3) is 0 Å². The first-order valence-corrected chi connectivity index (χ1v) is 13.6. The highest BCUT2D eigenvalue weighted by molar-refractivity contribution is 6.25. The quantitative estimate of drug-likeness (QED) is 0.227. The number of fused-ring (bicyclic) bond motifs is 9. The molecule has 3 heterocycles. The number of para-hydroxylation sites is 2. The molecule has 186 valence electrons. The van der Waals surface area contributed by atoms with Crippen molar-refractivity contribution in [3.63, 3.8) is 0 Å². The Morgan fingerprint density at radius 1 is 0.425 bits per heavy atom. The zero-order valence-electron chi connectivity index (χ0n) is 21.6. The average molecular weight is 510 g/mol. The minimum Gasteiger partial charge on any atom is -0.309 e. The highest BCUT2D eigenvalue weighted by Crippen LogP contribution is 2.42. The highest BCUT2D eigenvalue weighted by atomic mass is 15.0. The molecular weight excluding hydrogens is 486 g/mol. The van der Waals surface area contributed by atoms with Gasteiger partial charge in [-0.1, -0.05) is 78.9 Å². The Morgan fingerprint density at radius 3 is 2.08 bits per heavy atom. The van der Waals surface area contributed by atoms with Gasteiger partial charge < -0.3 is 9.13 Å². The molecule has 0 amide bonds. The zero-order chi connectivity index (χ0) is 26.2. The Morgan fingerprint density at radius 2 is 1.15 bits per heavy atom. The van der Waals surface area contributed by atoms with Gasteiger partial charge in [-0.2, -0.15) is 0 Å². The summed E-state index contributed by atoms with van der Waals surface area (Å²) in [6, 6.07) is 46.1. The van der Waals surface area contributed by atoms with E-state index < -0.39 is 0 Å². The molecule has 0 unspecified atom stereocenters. The van der Waals surface area contributed by atoms with Crippen LogP contribution in [0.15, 0.2) is 140 Å². The Kier molecular flexibility index (Phi) is 4.33. The molecule has 40 heavy (non-hydrogen) atoms. The summed E-state index contributed by atoms with van der Waals surface area (Å²) in [4.78, 5) is 4.49. The predicted molar refractivity (Wildman–Crippen MR) is 168 cm³/mol. The van der Waals surface area contributed by atoms with Crippen LogP contribution in [-0.4, -0.2) is 14.1 Å². The maximum Gasteiger partial charge on any atom is 0.0556 e. The number of hydrogen-bond donors (Lipinski definition) is 0. The van der Waals surface area contributed by atoms with Crippen LogP contribution in [0.2, 0.25) is 0 Å². The summed E-state index contributed by atoms with van der Waals surface area (Å²) in [5, 5.41) is 9.89. The summed E-state index contributed by atoms with van der Waals surface area (Å²) in [7, 11) is 0. The van der Waals surface area contributed by atoms with Crippen molar-refractivity contribution in [2.24, 2.45) is 0 Å². The summed E-state index contributed by atoms with van der Waals surface area (Å²) >= 11 is 0. The smallest absolute Gasteiger partial charge is 0.0556 e. The summed E-state index contributed by atoms with van der Waals surface area (Å²) in [5.41, 5.74) is 7.14. The van der Waals surface area contributed by atoms with Crippen molar-refractivity contribution in [2.75, 3.05) is 0 Å². The summed E-state index contributed by atoms with van der Waals surface area (Å²) in [6.45, 7) is 0. The van der Waals surface area contributed by atoms with E-state index >= 15 is 0 Å². The number of aromatic nitrogens is 3. The van der Waals surface area contributed by atoms with Crippen LogP contribution in [0.3, 0.4) is 0 Å². The molecule has 3 heteroatoms. The third-order valence-electron chi connectivity index (χ3n) is 8.36.